The number of hydrogen-bond acceptors (Lipinski definition) is 13. The Morgan fingerprint density at radius 2 is 0.683 bits per heavy atom. The van der Waals surface area contributed by atoms with E-state index in [9.17, 15) is 45.6 Å². The summed E-state index contributed by atoms with van der Waals surface area (Å²) < 4.78 is 23.0. The van der Waals surface area contributed by atoms with Crippen LogP contribution in [-0.4, -0.2) is 140 Å². The van der Waals surface area contributed by atoms with Crippen molar-refractivity contribution in [3.05, 3.63) is 122 Å². The number of carbonyl (C=O) groups is 1. The lowest BCUT2D eigenvalue weighted by molar-refractivity contribution is -0.359. The number of unbranched alkanes of at least 4 members (excludes halogenated alkanes) is 35. The van der Waals surface area contributed by atoms with Crippen LogP contribution in [0.3, 0.4) is 0 Å². The lowest BCUT2D eigenvalue weighted by Gasteiger charge is -2.46. The molecule has 0 aromatic rings. The third-order valence-corrected chi connectivity index (χ3v) is 19.4. The summed E-state index contributed by atoms with van der Waals surface area (Å²) in [7, 11) is 0. The summed E-state index contributed by atoms with van der Waals surface area (Å²) in [6.45, 7) is 2.77. The Morgan fingerprint density at radius 3 is 1.05 bits per heavy atom. The molecule has 0 aromatic heterocycles. The highest BCUT2D eigenvalue weighted by Crippen LogP contribution is 2.30. The van der Waals surface area contributed by atoms with E-state index in [0.29, 0.717) is 12.8 Å². The second-order valence-corrected chi connectivity index (χ2v) is 28.5. The van der Waals surface area contributed by atoms with Crippen LogP contribution in [0.15, 0.2) is 122 Å². The van der Waals surface area contributed by atoms with Crippen LogP contribution >= 0.6 is 0 Å². The molecular formula is C87H151NO13. The predicted octanol–water partition coefficient (Wildman–Crippen LogP) is 19.2. The number of carbonyl (C=O) groups excluding carboxylic acids is 1. The Hall–Kier alpha value is -3.61. The van der Waals surface area contributed by atoms with Gasteiger partial charge in [0, 0.05) is 6.42 Å². The van der Waals surface area contributed by atoms with Gasteiger partial charge >= 0.3 is 0 Å². The first-order valence-electron chi connectivity index (χ1n) is 41.3. The molecule has 0 aliphatic carbocycles. The third-order valence-electron chi connectivity index (χ3n) is 19.4. The molecule has 1 amide bonds. The standard InChI is InChI=1S/C87H151NO13/c1-3-5-7-9-11-13-15-17-19-21-23-25-27-29-31-33-35-37-38-39-41-43-45-47-49-51-53-55-57-59-61-63-65-67-69-71-79(92)88-75(74-98-86-84(97)82(95)85(78(73-90)100-86)101-87-83(96)81(94)80(93)77(72-89)99-87)76(91)70-68-66-64-62-60-58-56-54-52-50-48-46-44-42-40-36-34-32-30-28-26-24-22-20-18-16-14-12-10-8-6-4-2/h5,7,11,13,17,19,23,25,29,31,35,37,39,41,45,47,51,53,57,59,75-78,80-87,89-91,93-97H,3-4,6,8-10,12,14-16,18,20-22,24,26-28,30,32-34,36,38,40,42-44,46,48-50,52,54-56,58,60-74H2,1-2H3,(H,88,92)/b7-5-,13-11-,19-17-,25-23-,31-29-,37-35-,41-39-,47-45-,53-51-,59-57-. The summed E-state index contributed by atoms with van der Waals surface area (Å²) in [4.78, 5) is 13.4. The number of aliphatic hydroxyl groups is 8. The van der Waals surface area contributed by atoms with Gasteiger partial charge in [0.1, 0.15) is 48.8 Å². The number of amides is 1. The first-order chi connectivity index (χ1) is 49.6. The van der Waals surface area contributed by atoms with Crippen LogP contribution in [-0.2, 0) is 23.7 Å². The summed E-state index contributed by atoms with van der Waals surface area (Å²) in [5.74, 6) is -0.232. The molecule has 2 saturated heterocycles. The maximum Gasteiger partial charge on any atom is 0.220 e. The Bertz CT molecular complexity index is 2170. The fourth-order valence-electron chi connectivity index (χ4n) is 13.0. The minimum Gasteiger partial charge on any atom is -0.394 e. The normalized spacial score (nSPS) is 22.4. The maximum atomic E-state index is 13.4. The molecule has 12 unspecified atom stereocenters. The van der Waals surface area contributed by atoms with Gasteiger partial charge < -0.3 is 65.1 Å². The van der Waals surface area contributed by atoms with Crippen molar-refractivity contribution in [2.75, 3.05) is 19.8 Å². The van der Waals surface area contributed by atoms with Gasteiger partial charge in [0.25, 0.3) is 0 Å². The number of hydrogen-bond donors (Lipinski definition) is 9. The van der Waals surface area contributed by atoms with Gasteiger partial charge in [-0.2, -0.15) is 0 Å². The van der Waals surface area contributed by atoms with Gasteiger partial charge in [0.15, 0.2) is 12.6 Å². The Kier molecular flexibility index (Phi) is 64.3. The number of ether oxygens (including phenoxy) is 4. The van der Waals surface area contributed by atoms with Gasteiger partial charge in [-0.1, -0.05) is 354 Å². The van der Waals surface area contributed by atoms with Crippen LogP contribution in [0.4, 0.5) is 0 Å². The molecule has 0 radical (unpaired) electrons. The van der Waals surface area contributed by atoms with Crippen LogP contribution in [0.1, 0.15) is 328 Å². The van der Waals surface area contributed by atoms with Crippen LogP contribution in [0, 0.1) is 0 Å². The molecule has 2 rings (SSSR count). The zero-order chi connectivity index (χ0) is 73.0. The molecule has 14 heteroatoms. The number of rotatable bonds is 68. The second kappa shape index (κ2) is 69.4. The van der Waals surface area contributed by atoms with Gasteiger partial charge in [-0.25, -0.2) is 0 Å². The summed E-state index contributed by atoms with van der Waals surface area (Å²) in [6, 6.07) is -0.855. The Morgan fingerprint density at radius 1 is 0.366 bits per heavy atom. The zero-order valence-electron chi connectivity index (χ0n) is 63.9. The van der Waals surface area contributed by atoms with E-state index in [1.54, 1.807) is 0 Å². The third kappa shape index (κ3) is 52.1. The second-order valence-electron chi connectivity index (χ2n) is 28.5. The minimum absolute atomic E-state index is 0.232. The highest BCUT2D eigenvalue weighted by Gasteiger charge is 2.51. The van der Waals surface area contributed by atoms with Crippen LogP contribution in [0.2, 0.25) is 0 Å². The molecule has 2 aliphatic rings. The van der Waals surface area contributed by atoms with Crippen LogP contribution < -0.4 is 5.32 Å². The molecule has 12 atom stereocenters. The van der Waals surface area contributed by atoms with E-state index < -0.39 is 86.8 Å². The highest BCUT2D eigenvalue weighted by atomic mass is 16.7. The van der Waals surface area contributed by atoms with Crippen molar-refractivity contribution in [2.24, 2.45) is 0 Å². The Labute approximate surface area is 616 Å². The van der Waals surface area contributed by atoms with Crippen molar-refractivity contribution < 1.29 is 64.6 Å². The summed E-state index contributed by atoms with van der Waals surface area (Å²) >= 11 is 0. The molecule has 2 heterocycles. The van der Waals surface area contributed by atoms with Crippen molar-refractivity contribution >= 4 is 5.91 Å². The Balaban J connectivity index is 1.63. The smallest absolute Gasteiger partial charge is 0.220 e. The molecule has 582 valence electrons. The van der Waals surface area contributed by atoms with Crippen molar-refractivity contribution in [1.29, 1.82) is 0 Å². The van der Waals surface area contributed by atoms with Crippen molar-refractivity contribution in [1.82, 2.24) is 5.32 Å². The minimum atomic E-state index is -1.79. The fourth-order valence-corrected chi connectivity index (χ4v) is 13.0. The molecule has 2 aliphatic heterocycles. The molecular weight excluding hydrogens is 1270 g/mol. The summed E-state index contributed by atoms with van der Waals surface area (Å²) in [6.07, 6.45) is 85.2. The van der Waals surface area contributed by atoms with Gasteiger partial charge in [0.2, 0.25) is 5.91 Å². The molecule has 0 spiro atoms. The van der Waals surface area contributed by atoms with E-state index in [4.69, 9.17) is 18.9 Å². The van der Waals surface area contributed by atoms with E-state index in [0.717, 1.165) is 116 Å². The van der Waals surface area contributed by atoms with Gasteiger partial charge in [-0.05, 0) is 89.9 Å². The molecule has 0 aromatic carbocycles. The molecule has 101 heavy (non-hydrogen) atoms. The van der Waals surface area contributed by atoms with Crippen molar-refractivity contribution in [3.63, 3.8) is 0 Å². The highest BCUT2D eigenvalue weighted by molar-refractivity contribution is 5.76. The maximum absolute atomic E-state index is 13.4. The lowest BCUT2D eigenvalue weighted by atomic mass is 9.97. The first kappa shape index (κ1) is 93.5. The average Bonchev–Trinajstić information content (AvgIpc) is 0.791. The fraction of sp³-hybridized carbons (Fsp3) is 0.759. The van der Waals surface area contributed by atoms with E-state index in [1.165, 1.54) is 180 Å². The molecule has 0 bridgehead atoms. The largest absolute Gasteiger partial charge is 0.394 e. The number of aliphatic hydroxyl groups excluding tert-OH is 8. The van der Waals surface area contributed by atoms with Gasteiger partial charge in [-0.15, -0.1) is 0 Å². The van der Waals surface area contributed by atoms with Crippen LogP contribution in [0.25, 0.3) is 0 Å². The molecule has 0 saturated carbocycles. The SMILES string of the molecule is CC/C=C\C/C=C\C/C=C\C/C=C\C/C=C\C/C=C\C/C=C\C/C=C\C/C=C\C/C=C\CCCCCCC(=O)NC(COC1OC(CO)C(OC2OC(CO)C(O)C(O)C2O)C(O)C1O)C(O)CCCCCCCCCCCCCCCCCCCCCCCCCCCCCCCCCC. The van der Waals surface area contributed by atoms with Gasteiger partial charge in [-0.3, -0.25) is 4.79 Å². The number of nitrogens with one attached hydrogen (secondary N) is 1. The zero-order valence-corrected chi connectivity index (χ0v) is 63.9. The predicted molar refractivity (Wildman–Crippen MR) is 419 cm³/mol. The van der Waals surface area contributed by atoms with E-state index in [2.05, 4.69) is 141 Å². The lowest BCUT2D eigenvalue weighted by Crippen LogP contribution is -2.65. The van der Waals surface area contributed by atoms with Crippen LogP contribution in [0.5, 0.6) is 0 Å². The quantitative estimate of drug-likeness (QED) is 0.0204. The average molecular weight is 1420 g/mol. The van der Waals surface area contributed by atoms with Gasteiger partial charge in [0.05, 0.1) is 32.0 Å². The van der Waals surface area contributed by atoms with E-state index >= 15 is 0 Å². The molecule has 14 nitrogen and oxygen atoms in total. The summed E-state index contributed by atoms with van der Waals surface area (Å²) in [5, 5.41) is 87.9. The monoisotopic (exact) mass is 1420 g/mol. The molecule has 2 fully saturated rings. The van der Waals surface area contributed by atoms with Crippen molar-refractivity contribution in [2.45, 2.75) is 402 Å². The van der Waals surface area contributed by atoms with Crippen molar-refractivity contribution in [3.8, 4) is 0 Å². The molecule has 9 N–H and O–H groups in total. The first-order valence-corrected chi connectivity index (χ1v) is 41.3. The van der Waals surface area contributed by atoms with E-state index in [-0.39, 0.29) is 18.9 Å². The summed E-state index contributed by atoms with van der Waals surface area (Å²) in [5.41, 5.74) is 0. The topological polar surface area (TPSA) is 228 Å². The van der Waals surface area contributed by atoms with E-state index in [1.807, 2.05) is 0 Å². The number of allylic oxidation sites excluding steroid dienone is 20.